The molecule has 6 heteroatoms. The van der Waals surface area contributed by atoms with Gasteiger partial charge in [-0.25, -0.2) is 15.0 Å². The number of nitrogens with zero attached hydrogens (tertiary/aromatic N) is 4. The minimum atomic E-state index is -0.160. The highest BCUT2D eigenvalue weighted by Gasteiger charge is 2.31. The summed E-state index contributed by atoms with van der Waals surface area (Å²) in [5.74, 6) is 1.04. The Morgan fingerprint density at radius 3 is 2.64 bits per heavy atom. The predicted octanol–water partition coefficient (Wildman–Crippen LogP) is 5.28. The molecule has 0 bridgehead atoms. The number of hydrogen-bond acceptors (Lipinski definition) is 6. The molecule has 3 aromatic heterocycles. The van der Waals surface area contributed by atoms with E-state index in [0.29, 0.717) is 6.61 Å². The lowest BCUT2D eigenvalue weighted by molar-refractivity contribution is -0.0401. The molecule has 0 saturated heterocycles. The van der Waals surface area contributed by atoms with E-state index >= 15 is 0 Å². The Morgan fingerprint density at radius 2 is 1.93 bits per heavy atom. The molecular weight excluding hydrogens is 368 g/mol. The Bertz CT molecular complexity index is 1010. The maximum atomic E-state index is 6.17. The molecule has 0 amide bonds. The van der Waals surface area contributed by atoms with Gasteiger partial charge >= 0.3 is 0 Å². The van der Waals surface area contributed by atoms with Gasteiger partial charge in [-0.1, -0.05) is 13.3 Å². The summed E-state index contributed by atoms with van der Waals surface area (Å²) in [6.07, 6.45) is 5.96. The van der Waals surface area contributed by atoms with Crippen molar-refractivity contribution in [1.82, 2.24) is 15.0 Å². The van der Waals surface area contributed by atoms with Gasteiger partial charge < -0.3 is 9.64 Å². The van der Waals surface area contributed by atoms with Crippen LogP contribution in [-0.2, 0) is 24.2 Å². The van der Waals surface area contributed by atoms with Gasteiger partial charge in [-0.2, -0.15) is 0 Å². The predicted molar refractivity (Wildman–Crippen MR) is 117 cm³/mol. The second-order valence-electron chi connectivity index (χ2n) is 8.17. The maximum absolute atomic E-state index is 6.17. The van der Waals surface area contributed by atoms with Crippen molar-refractivity contribution in [1.29, 1.82) is 0 Å². The van der Waals surface area contributed by atoms with E-state index in [-0.39, 0.29) is 5.60 Å². The van der Waals surface area contributed by atoms with E-state index < -0.39 is 0 Å². The first kappa shape index (κ1) is 19.5. The summed E-state index contributed by atoms with van der Waals surface area (Å²) in [5.41, 5.74) is 4.79. The van der Waals surface area contributed by atoms with Crippen LogP contribution in [0.25, 0.3) is 20.4 Å². The molecule has 0 fully saturated rings. The number of rotatable bonds is 6. The first-order valence-electron chi connectivity index (χ1n) is 10.5. The molecule has 0 unspecified atom stereocenters. The largest absolute Gasteiger partial charge is 0.370 e. The average Bonchev–Trinajstić information content (AvgIpc) is 3.05. The molecule has 0 spiro atoms. The zero-order valence-corrected chi connectivity index (χ0v) is 18.4. The molecule has 0 saturated carbocycles. The highest BCUT2D eigenvalue weighted by Crippen LogP contribution is 2.42. The molecule has 0 aromatic carbocycles. The van der Waals surface area contributed by atoms with E-state index in [1.165, 1.54) is 28.6 Å². The Hall–Kier alpha value is -1.79. The van der Waals surface area contributed by atoms with E-state index in [4.69, 9.17) is 14.7 Å². The summed E-state index contributed by atoms with van der Waals surface area (Å²) >= 11 is 1.75. The number of fused-ring (bicyclic) bond motifs is 5. The third-order valence-corrected chi connectivity index (χ3v) is 6.79. The lowest BCUT2D eigenvalue weighted by atomic mass is 9.88. The lowest BCUT2D eigenvalue weighted by Crippen LogP contribution is -2.32. The molecule has 4 heterocycles. The molecule has 150 valence electrons. The number of hydrogen-bond donors (Lipinski definition) is 0. The van der Waals surface area contributed by atoms with Crippen LogP contribution >= 0.6 is 11.3 Å². The number of thiophene rings is 1. The lowest BCUT2D eigenvalue weighted by Gasteiger charge is -2.33. The number of anilines is 1. The van der Waals surface area contributed by atoms with Crippen molar-refractivity contribution in [2.45, 2.75) is 72.5 Å². The van der Waals surface area contributed by atoms with Gasteiger partial charge in [0.05, 0.1) is 22.4 Å². The van der Waals surface area contributed by atoms with Crippen LogP contribution in [0, 0.1) is 0 Å². The van der Waals surface area contributed by atoms with E-state index in [9.17, 15) is 0 Å². The first-order chi connectivity index (χ1) is 13.5. The number of ether oxygens (including phenoxy) is 1. The van der Waals surface area contributed by atoms with Gasteiger partial charge in [0.1, 0.15) is 17.0 Å². The zero-order valence-electron chi connectivity index (χ0n) is 17.6. The molecule has 0 aliphatic carbocycles. The van der Waals surface area contributed by atoms with Crippen LogP contribution < -0.4 is 4.90 Å². The van der Waals surface area contributed by atoms with E-state index in [1.807, 2.05) is 0 Å². The molecule has 0 atom stereocenters. The van der Waals surface area contributed by atoms with Crippen molar-refractivity contribution < 1.29 is 4.74 Å². The van der Waals surface area contributed by atoms with Gasteiger partial charge in [0.25, 0.3) is 0 Å². The van der Waals surface area contributed by atoms with E-state index in [1.54, 1.807) is 17.7 Å². The molecule has 28 heavy (non-hydrogen) atoms. The van der Waals surface area contributed by atoms with Crippen LogP contribution in [0.4, 0.5) is 5.82 Å². The van der Waals surface area contributed by atoms with Crippen molar-refractivity contribution in [3.05, 3.63) is 23.1 Å². The van der Waals surface area contributed by atoms with Crippen molar-refractivity contribution in [3.63, 3.8) is 0 Å². The van der Waals surface area contributed by atoms with Crippen molar-refractivity contribution in [3.8, 4) is 0 Å². The Labute approximate surface area is 171 Å². The van der Waals surface area contributed by atoms with Crippen LogP contribution in [0.3, 0.4) is 0 Å². The molecule has 5 nitrogen and oxygen atoms in total. The smallest absolute Gasteiger partial charge is 0.150 e. The highest BCUT2D eigenvalue weighted by atomic mass is 32.1. The van der Waals surface area contributed by atoms with Gasteiger partial charge in [0.15, 0.2) is 0 Å². The van der Waals surface area contributed by atoms with Crippen LogP contribution in [0.5, 0.6) is 0 Å². The fraction of sp³-hybridized carbons (Fsp3) is 0.591. The third kappa shape index (κ3) is 3.26. The normalized spacial score (nSPS) is 15.9. The van der Waals surface area contributed by atoms with Crippen LogP contribution in [-0.4, -0.2) is 33.6 Å². The van der Waals surface area contributed by atoms with Crippen molar-refractivity contribution in [2.24, 2.45) is 0 Å². The summed E-state index contributed by atoms with van der Waals surface area (Å²) in [7, 11) is 0. The SMILES string of the molecule is CCCCc1nc2sc3c(N(CC)CC)ncnc3c2c2c1COC(C)(C)C2. The molecular formula is C22H30N4OS. The van der Waals surface area contributed by atoms with E-state index in [2.05, 4.69) is 44.5 Å². The topological polar surface area (TPSA) is 51.1 Å². The Kier molecular flexibility index (Phi) is 5.27. The number of unbranched alkanes of at least 4 members (excludes halogenated alkanes) is 1. The quantitative estimate of drug-likeness (QED) is 0.565. The van der Waals surface area contributed by atoms with Crippen LogP contribution in [0.1, 0.15) is 64.3 Å². The molecule has 4 rings (SSSR count). The Balaban J connectivity index is 2.01. The summed E-state index contributed by atoms with van der Waals surface area (Å²) in [4.78, 5) is 17.9. The third-order valence-electron chi connectivity index (χ3n) is 5.73. The van der Waals surface area contributed by atoms with Crippen LogP contribution in [0.2, 0.25) is 0 Å². The zero-order chi connectivity index (χ0) is 19.9. The maximum Gasteiger partial charge on any atom is 0.150 e. The second-order valence-corrected chi connectivity index (χ2v) is 9.17. The second kappa shape index (κ2) is 7.56. The summed E-state index contributed by atoms with van der Waals surface area (Å²) in [5, 5.41) is 1.22. The minimum absolute atomic E-state index is 0.160. The fourth-order valence-corrected chi connectivity index (χ4v) is 5.36. The molecule has 0 N–H and O–H groups in total. The van der Waals surface area contributed by atoms with E-state index in [0.717, 1.165) is 53.2 Å². The molecule has 3 aromatic rings. The van der Waals surface area contributed by atoms with Crippen molar-refractivity contribution >= 4 is 37.6 Å². The van der Waals surface area contributed by atoms with Gasteiger partial charge in [-0.15, -0.1) is 11.3 Å². The summed E-state index contributed by atoms with van der Waals surface area (Å²) in [6, 6.07) is 0. The number of pyridine rings is 1. The van der Waals surface area contributed by atoms with Gasteiger partial charge in [0, 0.05) is 36.2 Å². The fourth-order valence-electron chi connectivity index (χ4n) is 4.16. The molecule has 0 radical (unpaired) electrons. The monoisotopic (exact) mass is 398 g/mol. The van der Waals surface area contributed by atoms with Gasteiger partial charge in [-0.05, 0) is 46.1 Å². The van der Waals surface area contributed by atoms with Crippen LogP contribution in [0.15, 0.2) is 6.33 Å². The highest BCUT2D eigenvalue weighted by molar-refractivity contribution is 7.26. The Morgan fingerprint density at radius 1 is 1.14 bits per heavy atom. The minimum Gasteiger partial charge on any atom is -0.370 e. The summed E-state index contributed by atoms with van der Waals surface area (Å²) < 4.78 is 7.33. The number of aromatic nitrogens is 3. The molecule has 1 aliphatic rings. The first-order valence-corrected chi connectivity index (χ1v) is 11.3. The van der Waals surface area contributed by atoms with Crippen molar-refractivity contribution in [2.75, 3.05) is 18.0 Å². The molecule has 1 aliphatic heterocycles. The summed E-state index contributed by atoms with van der Waals surface area (Å²) in [6.45, 7) is 13.5. The number of aryl methyl sites for hydroxylation is 1. The average molecular weight is 399 g/mol. The standard InChI is InChI=1S/C22H30N4OS/c1-6-9-10-16-15-12-27-22(4,5)11-14(15)17-18-19(28-21(17)25-16)20(24-13-23-18)26(7-2)8-3/h13H,6-12H2,1-5H3. The van der Waals surface area contributed by atoms with Gasteiger partial charge in [0.2, 0.25) is 0 Å². The van der Waals surface area contributed by atoms with Gasteiger partial charge in [-0.3, -0.25) is 0 Å².